The minimum atomic E-state index is -1.77. The highest BCUT2D eigenvalue weighted by atomic mass is 16.5. The number of allylic oxidation sites excluding steroid dienone is 4. The van der Waals surface area contributed by atoms with Gasteiger partial charge in [0.15, 0.2) is 5.78 Å². The number of phenolic OH excluding ortho intramolecular Hbond substituents is 2. The van der Waals surface area contributed by atoms with E-state index < -0.39 is 6.08 Å². The van der Waals surface area contributed by atoms with Crippen LogP contribution in [0, 0.1) is 0 Å². The van der Waals surface area contributed by atoms with Gasteiger partial charge in [0, 0.05) is 17.7 Å². The zero-order valence-corrected chi connectivity index (χ0v) is 10.3. The number of rotatable bonds is 0. The fourth-order valence-electron chi connectivity index (χ4n) is 2.16. The summed E-state index contributed by atoms with van der Waals surface area (Å²) in [6.07, 6.45) is 3.69. The highest BCUT2D eigenvalue weighted by Gasteiger charge is 2.28. The van der Waals surface area contributed by atoms with Crippen LogP contribution < -0.4 is 4.74 Å². The number of ketones is 1. The first-order chi connectivity index (χ1) is 9.85. The number of hydrogen-bond donors (Lipinski definition) is 3. The Bertz CT molecular complexity index is 710. The second-order valence-corrected chi connectivity index (χ2v) is 4.51. The second kappa shape index (κ2) is 4.54. The first kappa shape index (κ1) is 11.3. The third kappa shape index (κ3) is 2.08. The van der Waals surface area contributed by atoms with E-state index in [-0.39, 0.29) is 35.0 Å². The largest absolute Gasteiger partial charge is 0.508 e. The van der Waals surface area contributed by atoms with Gasteiger partial charge in [0.2, 0.25) is 0 Å². The summed E-state index contributed by atoms with van der Waals surface area (Å²) >= 11 is 0. The van der Waals surface area contributed by atoms with Gasteiger partial charge in [-0.05, 0) is 0 Å². The van der Waals surface area contributed by atoms with Crippen LogP contribution in [0.4, 0.5) is 0 Å². The predicted octanol–water partition coefficient (Wildman–Crippen LogP) is 1.80. The molecule has 0 saturated carbocycles. The molecule has 3 N–H and O–H groups in total. The van der Waals surface area contributed by atoms with Gasteiger partial charge in [-0.25, -0.2) is 0 Å². The van der Waals surface area contributed by atoms with Crippen molar-refractivity contribution in [3.8, 4) is 17.2 Å². The Morgan fingerprint density at radius 3 is 2.65 bits per heavy atom. The molecule has 1 aromatic rings. The Morgan fingerprint density at radius 2 is 1.95 bits per heavy atom. The highest BCUT2D eigenvalue weighted by Crippen LogP contribution is 2.39. The van der Waals surface area contributed by atoms with E-state index in [0.29, 0.717) is 11.3 Å². The Morgan fingerprint density at radius 1 is 1.25 bits per heavy atom. The minimum absolute atomic E-state index is 0.0397. The number of aliphatic hydroxyl groups is 1. The van der Waals surface area contributed by atoms with Gasteiger partial charge in [0.05, 0.1) is 13.9 Å². The Labute approximate surface area is 116 Å². The number of benzene rings is 1. The molecule has 5 nitrogen and oxygen atoms in total. The van der Waals surface area contributed by atoms with E-state index in [9.17, 15) is 20.1 Å². The molecule has 0 bridgehead atoms. The molecule has 0 atom stereocenters. The van der Waals surface area contributed by atoms with E-state index in [1.54, 1.807) is 0 Å². The van der Waals surface area contributed by atoms with Crippen LogP contribution in [0.1, 0.15) is 18.1 Å². The average Bonchev–Trinajstić information content (AvgIpc) is 2.37. The fourth-order valence-corrected chi connectivity index (χ4v) is 2.16. The van der Waals surface area contributed by atoms with Crippen LogP contribution in [-0.4, -0.2) is 27.2 Å². The molecular formula is C15H12O5. The molecule has 1 aliphatic carbocycles. The predicted molar refractivity (Wildman–Crippen MR) is 70.7 cm³/mol. The Balaban J connectivity index is 2.04. The van der Waals surface area contributed by atoms with Crippen LogP contribution in [0.25, 0.3) is 0 Å². The standard InChI is InChI=1S/C15H12O5/c16-9-3-1-8(2-4-9)13-7-12(19)15-11(18)5-10(17)6-14(15)20-13/h1-6,9,16-18H,7H2/i9D. The summed E-state index contributed by atoms with van der Waals surface area (Å²) < 4.78 is 13.0. The number of hydrogen-bond acceptors (Lipinski definition) is 5. The molecule has 0 saturated heterocycles. The maximum absolute atomic E-state index is 12.1. The molecule has 1 aromatic carbocycles. The molecule has 3 rings (SSSR count). The van der Waals surface area contributed by atoms with Crippen molar-refractivity contribution in [2.24, 2.45) is 0 Å². The lowest BCUT2D eigenvalue weighted by Crippen LogP contribution is -2.16. The first-order valence-electron chi connectivity index (χ1n) is 6.47. The molecule has 1 aliphatic heterocycles. The quantitative estimate of drug-likeness (QED) is 0.671. The van der Waals surface area contributed by atoms with Crippen LogP contribution in [-0.2, 0) is 0 Å². The van der Waals surface area contributed by atoms with Gasteiger partial charge in [-0.1, -0.05) is 24.3 Å². The van der Waals surface area contributed by atoms with Crippen molar-refractivity contribution in [3.05, 3.63) is 53.3 Å². The van der Waals surface area contributed by atoms with E-state index in [1.165, 1.54) is 30.4 Å². The van der Waals surface area contributed by atoms with Crippen molar-refractivity contribution in [3.63, 3.8) is 0 Å². The van der Waals surface area contributed by atoms with Crippen LogP contribution in [0.3, 0.4) is 0 Å². The molecule has 1 heterocycles. The summed E-state index contributed by atoms with van der Waals surface area (Å²) in [5.74, 6) is -0.445. The number of carbonyl (C=O) groups is 1. The molecule has 0 fully saturated rings. The molecule has 0 radical (unpaired) electrons. The molecule has 0 unspecified atom stereocenters. The number of aromatic hydroxyl groups is 2. The average molecular weight is 273 g/mol. The van der Waals surface area contributed by atoms with E-state index >= 15 is 0 Å². The molecule has 20 heavy (non-hydrogen) atoms. The number of ether oxygens (including phenoxy) is 1. The summed E-state index contributed by atoms with van der Waals surface area (Å²) in [5, 5.41) is 28.6. The summed E-state index contributed by atoms with van der Waals surface area (Å²) in [6.45, 7) is 0. The van der Waals surface area contributed by atoms with E-state index in [1.807, 2.05) is 0 Å². The number of fused-ring (bicyclic) bond motifs is 1. The molecular weight excluding hydrogens is 260 g/mol. The van der Waals surface area contributed by atoms with Crippen LogP contribution in [0.5, 0.6) is 17.2 Å². The zero-order chi connectivity index (χ0) is 15.2. The van der Waals surface area contributed by atoms with Gasteiger partial charge in [-0.2, -0.15) is 0 Å². The number of phenols is 2. The Kier molecular flexibility index (Phi) is 2.57. The van der Waals surface area contributed by atoms with Crippen molar-refractivity contribution < 1.29 is 26.2 Å². The Hall–Kier alpha value is -2.53. The SMILES string of the molecule is [2H]C1(O)C=CC(=C2CC(=O)c3c(O)cc(O)cc3O2)C=C1. The van der Waals surface area contributed by atoms with Gasteiger partial charge in [0.25, 0.3) is 0 Å². The fraction of sp³-hybridized carbons (Fsp3) is 0.133. The van der Waals surface area contributed by atoms with Crippen LogP contribution in [0.2, 0.25) is 0 Å². The third-order valence-electron chi connectivity index (χ3n) is 3.09. The minimum Gasteiger partial charge on any atom is -0.508 e. The van der Waals surface area contributed by atoms with Crippen molar-refractivity contribution in [2.75, 3.05) is 0 Å². The van der Waals surface area contributed by atoms with Gasteiger partial charge in [0.1, 0.15) is 28.6 Å². The highest BCUT2D eigenvalue weighted by molar-refractivity contribution is 6.04. The first-order valence-corrected chi connectivity index (χ1v) is 5.97. The third-order valence-corrected chi connectivity index (χ3v) is 3.09. The van der Waals surface area contributed by atoms with Gasteiger partial charge < -0.3 is 20.1 Å². The van der Waals surface area contributed by atoms with Gasteiger partial charge in [-0.15, -0.1) is 0 Å². The van der Waals surface area contributed by atoms with Crippen molar-refractivity contribution in [1.82, 2.24) is 0 Å². The van der Waals surface area contributed by atoms with Crippen molar-refractivity contribution >= 4 is 5.78 Å². The molecule has 0 aromatic heterocycles. The van der Waals surface area contributed by atoms with Gasteiger partial charge in [-0.3, -0.25) is 4.79 Å². The number of carbonyl (C=O) groups excluding carboxylic acids is 1. The maximum atomic E-state index is 12.1. The van der Waals surface area contributed by atoms with Crippen LogP contribution >= 0.6 is 0 Å². The maximum Gasteiger partial charge on any atom is 0.177 e. The lowest BCUT2D eigenvalue weighted by molar-refractivity contribution is 0.0960. The van der Waals surface area contributed by atoms with Crippen molar-refractivity contribution in [2.45, 2.75) is 12.5 Å². The van der Waals surface area contributed by atoms with E-state index in [2.05, 4.69) is 0 Å². The van der Waals surface area contributed by atoms with Crippen LogP contribution in [0.15, 0.2) is 47.8 Å². The summed E-state index contributed by atoms with van der Waals surface area (Å²) in [6, 6.07) is 2.34. The monoisotopic (exact) mass is 273 g/mol. The second-order valence-electron chi connectivity index (χ2n) is 4.51. The van der Waals surface area contributed by atoms with Gasteiger partial charge >= 0.3 is 0 Å². The summed E-state index contributed by atoms with van der Waals surface area (Å²) in [4.78, 5) is 12.1. The van der Waals surface area contributed by atoms with E-state index in [0.717, 1.165) is 6.07 Å². The normalized spacial score (nSPS) is 25.2. The van der Waals surface area contributed by atoms with Crippen molar-refractivity contribution in [1.29, 1.82) is 0 Å². The summed E-state index contributed by atoms with van der Waals surface area (Å²) in [7, 11) is 0. The smallest absolute Gasteiger partial charge is 0.177 e. The summed E-state index contributed by atoms with van der Waals surface area (Å²) in [5.41, 5.74) is 0.590. The molecule has 2 aliphatic rings. The zero-order valence-electron chi connectivity index (χ0n) is 11.3. The molecule has 102 valence electrons. The topological polar surface area (TPSA) is 87.0 Å². The molecule has 0 spiro atoms. The lowest BCUT2D eigenvalue weighted by Gasteiger charge is -2.21. The molecule has 5 heteroatoms. The number of Topliss-reactive ketones (excluding diaryl/α,β-unsaturated/α-hetero) is 1. The molecule has 0 amide bonds. The van der Waals surface area contributed by atoms with E-state index in [4.69, 9.17) is 6.11 Å². The lowest BCUT2D eigenvalue weighted by atomic mass is 9.98.